The van der Waals surface area contributed by atoms with Crippen molar-refractivity contribution < 1.29 is 4.92 Å². The average Bonchev–Trinajstić information content (AvgIpc) is 2.25. The Morgan fingerprint density at radius 2 is 2.19 bits per heavy atom. The first-order valence-corrected chi connectivity index (χ1v) is 5.17. The minimum absolute atomic E-state index is 0.172. The molecule has 0 saturated heterocycles. The molecule has 0 aliphatic heterocycles. The van der Waals surface area contributed by atoms with Crippen molar-refractivity contribution >= 4 is 11.4 Å². The Morgan fingerprint density at radius 3 is 2.69 bits per heavy atom. The fourth-order valence-electron chi connectivity index (χ4n) is 1.49. The summed E-state index contributed by atoms with van der Waals surface area (Å²) in [5, 5.41) is 13.7. The van der Waals surface area contributed by atoms with Crippen molar-refractivity contribution in [1.29, 1.82) is 0 Å². The maximum Gasteiger partial charge on any atom is 0.272 e. The topological polar surface area (TPSA) is 58.4 Å². The molecule has 5 nitrogen and oxygen atoms in total. The van der Waals surface area contributed by atoms with E-state index in [-0.39, 0.29) is 10.6 Å². The van der Waals surface area contributed by atoms with Crippen LogP contribution in [0.2, 0.25) is 0 Å². The number of nitro benzene ring substituents is 1. The zero-order valence-electron chi connectivity index (χ0n) is 9.86. The van der Waals surface area contributed by atoms with Crippen molar-refractivity contribution in [2.45, 2.75) is 6.92 Å². The second-order valence-corrected chi connectivity index (χ2v) is 3.75. The highest BCUT2D eigenvalue weighted by Crippen LogP contribution is 2.23. The van der Waals surface area contributed by atoms with Crippen LogP contribution in [0, 0.1) is 17.0 Å². The Bertz CT molecular complexity index is 379. The van der Waals surface area contributed by atoms with Gasteiger partial charge in [-0.25, -0.2) is 0 Å². The lowest BCUT2D eigenvalue weighted by molar-refractivity contribution is -0.385. The highest BCUT2D eigenvalue weighted by atomic mass is 16.6. The molecule has 0 bridgehead atoms. The Kier molecular flexibility index (Phi) is 4.25. The summed E-state index contributed by atoms with van der Waals surface area (Å²) in [6.07, 6.45) is 0. The van der Waals surface area contributed by atoms with E-state index in [4.69, 9.17) is 0 Å². The summed E-state index contributed by atoms with van der Waals surface area (Å²) in [5.41, 5.74) is 1.86. The SMILES string of the molecule is CNCCN(C)c1ccc([N+](=O)[O-])c(C)c1. The molecule has 16 heavy (non-hydrogen) atoms. The molecule has 1 N–H and O–H groups in total. The van der Waals surface area contributed by atoms with E-state index in [0.717, 1.165) is 18.8 Å². The fraction of sp³-hybridized carbons (Fsp3) is 0.455. The smallest absolute Gasteiger partial charge is 0.272 e. The van der Waals surface area contributed by atoms with Gasteiger partial charge in [0.1, 0.15) is 0 Å². The number of benzene rings is 1. The predicted molar refractivity (Wildman–Crippen MR) is 65.0 cm³/mol. The quantitative estimate of drug-likeness (QED) is 0.608. The van der Waals surface area contributed by atoms with Gasteiger partial charge in [0.2, 0.25) is 0 Å². The van der Waals surface area contributed by atoms with E-state index in [1.54, 1.807) is 19.1 Å². The number of nitrogens with one attached hydrogen (secondary N) is 1. The van der Waals surface area contributed by atoms with Gasteiger partial charge in [-0.1, -0.05) is 0 Å². The van der Waals surface area contributed by atoms with Crippen LogP contribution in [0.25, 0.3) is 0 Å². The summed E-state index contributed by atoms with van der Waals surface area (Å²) in [6.45, 7) is 3.51. The predicted octanol–water partition coefficient (Wildman–Crippen LogP) is 1.56. The summed E-state index contributed by atoms with van der Waals surface area (Å²) < 4.78 is 0. The minimum atomic E-state index is -0.354. The Morgan fingerprint density at radius 1 is 1.50 bits per heavy atom. The second-order valence-electron chi connectivity index (χ2n) is 3.75. The summed E-state index contributed by atoms with van der Waals surface area (Å²) >= 11 is 0. The molecule has 1 aromatic rings. The highest BCUT2D eigenvalue weighted by Gasteiger charge is 2.11. The monoisotopic (exact) mass is 223 g/mol. The third kappa shape index (κ3) is 2.93. The van der Waals surface area contributed by atoms with Crippen molar-refractivity contribution in [3.63, 3.8) is 0 Å². The van der Waals surface area contributed by atoms with Crippen molar-refractivity contribution in [2.75, 3.05) is 32.1 Å². The standard InChI is InChI=1S/C11H17N3O2/c1-9-8-10(13(3)7-6-12-2)4-5-11(9)14(15)16/h4-5,8,12H,6-7H2,1-3H3. The van der Waals surface area contributed by atoms with Crippen LogP contribution < -0.4 is 10.2 Å². The molecule has 5 heteroatoms. The Hall–Kier alpha value is -1.62. The van der Waals surface area contributed by atoms with Gasteiger partial charge >= 0.3 is 0 Å². The summed E-state index contributed by atoms with van der Waals surface area (Å²) in [6, 6.07) is 5.18. The van der Waals surface area contributed by atoms with Crippen molar-refractivity contribution in [3.8, 4) is 0 Å². The summed E-state index contributed by atoms with van der Waals surface area (Å²) in [7, 11) is 3.87. The summed E-state index contributed by atoms with van der Waals surface area (Å²) in [5.74, 6) is 0. The molecule has 88 valence electrons. The molecule has 0 aliphatic carbocycles. The molecule has 0 radical (unpaired) electrons. The molecule has 1 rings (SSSR count). The van der Waals surface area contributed by atoms with E-state index in [2.05, 4.69) is 10.2 Å². The maximum atomic E-state index is 10.7. The molecule has 0 spiro atoms. The van der Waals surface area contributed by atoms with Gasteiger partial charge in [-0.2, -0.15) is 0 Å². The molecule has 0 heterocycles. The van der Waals surface area contributed by atoms with Crippen molar-refractivity contribution in [2.24, 2.45) is 0 Å². The van der Waals surface area contributed by atoms with Crippen LogP contribution in [0.4, 0.5) is 11.4 Å². The third-order valence-electron chi connectivity index (χ3n) is 2.52. The van der Waals surface area contributed by atoms with Gasteiger partial charge in [0.15, 0.2) is 0 Å². The first kappa shape index (κ1) is 12.4. The molecule has 0 unspecified atom stereocenters. The first-order chi connectivity index (χ1) is 7.56. The van der Waals surface area contributed by atoms with Crippen molar-refractivity contribution in [1.82, 2.24) is 5.32 Å². The number of anilines is 1. The van der Waals surface area contributed by atoms with Crippen LogP contribution in [0.3, 0.4) is 0 Å². The number of nitro groups is 1. The van der Waals surface area contributed by atoms with Crippen molar-refractivity contribution in [3.05, 3.63) is 33.9 Å². The van der Waals surface area contributed by atoms with Gasteiger partial charge in [-0.05, 0) is 26.1 Å². The number of rotatable bonds is 5. The van der Waals surface area contributed by atoms with E-state index in [1.807, 2.05) is 20.2 Å². The van der Waals surface area contributed by atoms with Crippen LogP contribution in [-0.2, 0) is 0 Å². The number of nitrogens with zero attached hydrogens (tertiary/aromatic N) is 2. The third-order valence-corrected chi connectivity index (χ3v) is 2.52. The van der Waals surface area contributed by atoms with E-state index in [9.17, 15) is 10.1 Å². The Labute approximate surface area is 95.2 Å². The molecule has 0 atom stereocenters. The van der Waals surface area contributed by atoms with Gasteiger partial charge in [0, 0.05) is 37.5 Å². The molecule has 1 aromatic carbocycles. The number of hydrogen-bond acceptors (Lipinski definition) is 4. The normalized spacial score (nSPS) is 10.2. The number of aryl methyl sites for hydroxylation is 1. The first-order valence-electron chi connectivity index (χ1n) is 5.17. The van der Waals surface area contributed by atoms with E-state index in [0.29, 0.717) is 5.56 Å². The average molecular weight is 223 g/mol. The highest BCUT2D eigenvalue weighted by molar-refractivity contribution is 5.54. The number of likely N-dealkylation sites (N-methyl/N-ethyl adjacent to an activating group) is 2. The lowest BCUT2D eigenvalue weighted by atomic mass is 10.1. The maximum absolute atomic E-state index is 10.7. The minimum Gasteiger partial charge on any atom is -0.373 e. The Balaban J connectivity index is 2.84. The molecule has 0 fully saturated rings. The van der Waals surface area contributed by atoms with E-state index < -0.39 is 0 Å². The van der Waals surface area contributed by atoms with E-state index >= 15 is 0 Å². The molecule has 0 aromatic heterocycles. The molecular formula is C11H17N3O2. The van der Waals surface area contributed by atoms with Crippen LogP contribution in [-0.4, -0.2) is 32.1 Å². The van der Waals surface area contributed by atoms with Crippen LogP contribution in [0.1, 0.15) is 5.56 Å². The summed E-state index contributed by atoms with van der Waals surface area (Å²) in [4.78, 5) is 12.4. The molecular weight excluding hydrogens is 206 g/mol. The van der Waals surface area contributed by atoms with Gasteiger partial charge in [-0.15, -0.1) is 0 Å². The lowest BCUT2D eigenvalue weighted by Gasteiger charge is -2.19. The zero-order chi connectivity index (χ0) is 12.1. The van der Waals surface area contributed by atoms with Gasteiger partial charge in [0.05, 0.1) is 4.92 Å². The van der Waals surface area contributed by atoms with Crippen LogP contribution in [0.5, 0.6) is 0 Å². The van der Waals surface area contributed by atoms with Gasteiger partial charge < -0.3 is 10.2 Å². The second kappa shape index (κ2) is 5.46. The lowest BCUT2D eigenvalue weighted by Crippen LogP contribution is -2.27. The zero-order valence-corrected chi connectivity index (χ0v) is 9.86. The van der Waals surface area contributed by atoms with Gasteiger partial charge in [0.25, 0.3) is 5.69 Å². The van der Waals surface area contributed by atoms with Gasteiger partial charge in [-0.3, -0.25) is 10.1 Å². The van der Waals surface area contributed by atoms with Crippen LogP contribution >= 0.6 is 0 Å². The van der Waals surface area contributed by atoms with E-state index in [1.165, 1.54) is 0 Å². The van der Waals surface area contributed by atoms with Crippen LogP contribution in [0.15, 0.2) is 18.2 Å². The fourth-order valence-corrected chi connectivity index (χ4v) is 1.49. The number of hydrogen-bond donors (Lipinski definition) is 1. The molecule has 0 aliphatic rings. The largest absolute Gasteiger partial charge is 0.373 e. The molecule has 0 amide bonds. The molecule has 0 saturated carbocycles.